The molecule has 148 valence electrons. The molecule has 3 aromatic rings. The van der Waals surface area contributed by atoms with Crippen molar-refractivity contribution in [3.05, 3.63) is 40.2 Å². The van der Waals surface area contributed by atoms with Crippen molar-refractivity contribution in [1.29, 1.82) is 0 Å². The number of aliphatic carboxylic acids is 1. The Morgan fingerprint density at radius 1 is 1.25 bits per heavy atom. The number of carboxylic acids is 1. The lowest BCUT2D eigenvalue weighted by molar-refractivity contribution is -0.138. The summed E-state index contributed by atoms with van der Waals surface area (Å²) in [6.07, 6.45) is 0. The van der Waals surface area contributed by atoms with Crippen molar-refractivity contribution in [2.75, 3.05) is 0 Å². The average molecular weight is 395 g/mol. The minimum atomic E-state index is -3.08. The molecule has 2 aromatic heterocycles. The number of fused-ring (bicyclic) bond motifs is 3. The van der Waals surface area contributed by atoms with E-state index in [0.29, 0.717) is 0 Å². The minimum Gasteiger partial charge on any atom is -0.505 e. The number of carbonyl (C=O) groups excluding carboxylic acids is 1. The number of aromatic hydroxyl groups is 1. The van der Waals surface area contributed by atoms with E-state index in [-0.39, 0.29) is 22.2 Å². The van der Waals surface area contributed by atoms with Gasteiger partial charge in [0.1, 0.15) is 22.9 Å². The van der Waals surface area contributed by atoms with Gasteiger partial charge in [-0.05, 0) is 25.1 Å². The lowest BCUT2D eigenvalue weighted by atomic mass is 10.2. The van der Waals surface area contributed by atoms with E-state index >= 15 is 0 Å². The van der Waals surface area contributed by atoms with Crippen LogP contribution in [0.5, 0.6) is 11.5 Å². The van der Waals surface area contributed by atoms with Gasteiger partial charge in [-0.2, -0.15) is 8.78 Å². The zero-order valence-corrected chi connectivity index (χ0v) is 14.6. The number of amides is 1. The molecule has 9 nitrogen and oxygen atoms in total. The fourth-order valence-electron chi connectivity index (χ4n) is 2.90. The predicted molar refractivity (Wildman–Crippen MR) is 93.0 cm³/mol. The second kappa shape index (κ2) is 6.83. The summed E-state index contributed by atoms with van der Waals surface area (Å²) in [4.78, 5) is 35.9. The van der Waals surface area contributed by atoms with Gasteiger partial charge in [-0.3, -0.25) is 14.4 Å². The summed E-state index contributed by atoms with van der Waals surface area (Å²) in [5.41, 5.74) is -1.30. The first-order valence-corrected chi connectivity index (χ1v) is 7.98. The minimum absolute atomic E-state index is 0.0180. The number of alkyl halides is 2. The van der Waals surface area contributed by atoms with Crippen LogP contribution in [0, 0.1) is 0 Å². The Morgan fingerprint density at radius 2 is 1.93 bits per heavy atom. The number of carboxylic acid groups (broad SMARTS) is 1. The lowest BCUT2D eigenvalue weighted by Gasteiger charge is -2.13. The maximum Gasteiger partial charge on any atom is 0.387 e. The Kier molecular flexibility index (Phi) is 4.67. The number of aryl methyl sites for hydroxylation is 1. The van der Waals surface area contributed by atoms with Crippen LogP contribution < -0.4 is 15.6 Å². The van der Waals surface area contributed by atoms with E-state index in [4.69, 9.17) is 5.11 Å². The summed E-state index contributed by atoms with van der Waals surface area (Å²) < 4.78 is 32.0. The number of hydrogen-bond acceptors (Lipinski definition) is 5. The standard InChI is InChI=1S/C17H15F2N3O6/c1-7(16(26)27)20-14(24)12-13(23)10-6-8-9(22(10)21(2)15(12)25)4-3-5-11(8)28-17(18)19/h3-7,17,23H,1-2H3,(H,20,24)(H,26,27)/t7-/m0/s1. The largest absolute Gasteiger partial charge is 0.505 e. The van der Waals surface area contributed by atoms with Gasteiger partial charge in [0.05, 0.1) is 5.52 Å². The normalized spacial score (nSPS) is 12.5. The lowest BCUT2D eigenvalue weighted by Crippen LogP contribution is -2.41. The third kappa shape index (κ3) is 3.00. The first kappa shape index (κ1) is 19.1. The van der Waals surface area contributed by atoms with E-state index < -0.39 is 41.4 Å². The number of hydrogen-bond donors (Lipinski definition) is 3. The number of ether oxygens (including phenoxy) is 1. The smallest absolute Gasteiger partial charge is 0.387 e. The maximum absolute atomic E-state index is 12.6. The molecule has 1 atom stereocenters. The topological polar surface area (TPSA) is 122 Å². The molecule has 0 unspecified atom stereocenters. The number of nitrogens with one attached hydrogen (secondary N) is 1. The van der Waals surface area contributed by atoms with Gasteiger partial charge in [-0.1, -0.05) is 6.07 Å². The summed E-state index contributed by atoms with van der Waals surface area (Å²) in [7, 11) is 1.31. The van der Waals surface area contributed by atoms with E-state index in [9.17, 15) is 28.3 Å². The predicted octanol–water partition coefficient (Wildman–Crippen LogP) is 1.30. The molecule has 3 N–H and O–H groups in total. The van der Waals surface area contributed by atoms with Crippen molar-refractivity contribution in [2.45, 2.75) is 19.6 Å². The molecule has 0 aliphatic heterocycles. The highest BCUT2D eigenvalue weighted by molar-refractivity contribution is 6.02. The summed E-state index contributed by atoms with van der Waals surface area (Å²) in [6, 6.07) is 4.24. The van der Waals surface area contributed by atoms with Crippen molar-refractivity contribution < 1.29 is 33.3 Å². The van der Waals surface area contributed by atoms with E-state index in [1.54, 1.807) is 0 Å². The second-order valence-electron chi connectivity index (χ2n) is 5.99. The van der Waals surface area contributed by atoms with E-state index in [2.05, 4.69) is 10.1 Å². The molecule has 0 spiro atoms. The van der Waals surface area contributed by atoms with Gasteiger partial charge in [-0.15, -0.1) is 0 Å². The maximum atomic E-state index is 12.6. The van der Waals surface area contributed by atoms with Crippen molar-refractivity contribution >= 4 is 28.3 Å². The van der Waals surface area contributed by atoms with Crippen molar-refractivity contribution in [2.24, 2.45) is 7.05 Å². The van der Waals surface area contributed by atoms with Crippen LogP contribution in [0.4, 0.5) is 8.78 Å². The van der Waals surface area contributed by atoms with Gasteiger partial charge >= 0.3 is 12.6 Å². The number of nitrogens with zero attached hydrogens (tertiary/aromatic N) is 2. The van der Waals surface area contributed by atoms with Crippen LogP contribution in [0.1, 0.15) is 17.3 Å². The molecule has 1 aromatic carbocycles. The zero-order valence-electron chi connectivity index (χ0n) is 14.6. The molecule has 11 heteroatoms. The Morgan fingerprint density at radius 3 is 2.54 bits per heavy atom. The van der Waals surface area contributed by atoms with Crippen molar-refractivity contribution in [3.63, 3.8) is 0 Å². The number of benzene rings is 1. The van der Waals surface area contributed by atoms with Crippen LogP contribution in [0.3, 0.4) is 0 Å². The number of carbonyl (C=O) groups is 2. The van der Waals surface area contributed by atoms with E-state index in [1.165, 1.54) is 42.8 Å². The highest BCUT2D eigenvalue weighted by Crippen LogP contribution is 2.33. The van der Waals surface area contributed by atoms with Crippen LogP contribution in [-0.2, 0) is 11.8 Å². The van der Waals surface area contributed by atoms with Gasteiger partial charge < -0.3 is 20.3 Å². The van der Waals surface area contributed by atoms with Crippen molar-refractivity contribution in [3.8, 4) is 11.5 Å². The Balaban J connectivity index is 2.27. The van der Waals surface area contributed by atoms with Gasteiger partial charge in [0.2, 0.25) is 0 Å². The third-order valence-corrected chi connectivity index (χ3v) is 4.23. The third-order valence-electron chi connectivity index (χ3n) is 4.23. The number of halogens is 2. The van der Waals surface area contributed by atoms with Crippen molar-refractivity contribution in [1.82, 2.24) is 14.5 Å². The SMILES string of the molecule is C[C@H](NC(=O)c1c(O)c2cc3c(OC(F)F)cccc3n2n(C)c1=O)C(=O)O. The van der Waals surface area contributed by atoms with Crippen LogP contribution in [0.25, 0.3) is 16.4 Å². The molecule has 0 saturated heterocycles. The van der Waals surface area contributed by atoms with Gasteiger partial charge in [0.15, 0.2) is 5.75 Å². The summed E-state index contributed by atoms with van der Waals surface area (Å²) in [6.45, 7) is -1.88. The first-order chi connectivity index (χ1) is 13.1. The van der Waals surface area contributed by atoms with Crippen LogP contribution in [0.15, 0.2) is 29.1 Å². The molecule has 0 aliphatic carbocycles. The van der Waals surface area contributed by atoms with Gasteiger partial charge in [0.25, 0.3) is 11.5 Å². The molecule has 2 heterocycles. The average Bonchev–Trinajstić information content (AvgIpc) is 3.00. The van der Waals surface area contributed by atoms with Crippen LogP contribution in [0.2, 0.25) is 0 Å². The van der Waals surface area contributed by atoms with E-state index in [0.717, 1.165) is 4.68 Å². The van der Waals surface area contributed by atoms with Crippen LogP contribution >= 0.6 is 0 Å². The summed E-state index contributed by atoms with van der Waals surface area (Å²) in [5.74, 6) is -3.29. The molecule has 0 radical (unpaired) electrons. The Bertz CT molecular complexity index is 1170. The van der Waals surface area contributed by atoms with Gasteiger partial charge in [0, 0.05) is 12.4 Å². The highest BCUT2D eigenvalue weighted by atomic mass is 19.3. The molecule has 0 aliphatic rings. The molecule has 0 fully saturated rings. The number of aromatic nitrogens is 2. The quantitative estimate of drug-likeness (QED) is 0.599. The summed E-state index contributed by atoms with van der Waals surface area (Å²) in [5, 5.41) is 21.7. The zero-order chi connectivity index (χ0) is 20.7. The molecule has 1 amide bonds. The molecule has 3 rings (SSSR count). The first-order valence-electron chi connectivity index (χ1n) is 7.98. The Labute approximate surface area is 155 Å². The molecule has 0 saturated carbocycles. The van der Waals surface area contributed by atoms with Gasteiger partial charge in [-0.25, -0.2) is 9.20 Å². The van der Waals surface area contributed by atoms with Crippen LogP contribution in [-0.4, -0.2) is 43.9 Å². The fourth-order valence-corrected chi connectivity index (χ4v) is 2.90. The molecular formula is C17H15F2N3O6. The monoisotopic (exact) mass is 395 g/mol. The molecule has 28 heavy (non-hydrogen) atoms. The summed E-state index contributed by atoms with van der Waals surface area (Å²) >= 11 is 0. The highest BCUT2D eigenvalue weighted by Gasteiger charge is 2.26. The fraction of sp³-hybridized carbons (Fsp3) is 0.235. The molecular weight excluding hydrogens is 380 g/mol. The second-order valence-corrected chi connectivity index (χ2v) is 5.99. The Hall–Kier alpha value is -3.63. The van der Waals surface area contributed by atoms with E-state index in [1.807, 2.05) is 0 Å². The number of rotatable bonds is 5. The molecule has 0 bridgehead atoms.